The fourth-order valence-electron chi connectivity index (χ4n) is 3.87. The van der Waals surface area contributed by atoms with E-state index >= 15 is 0 Å². The maximum Gasteiger partial charge on any atom is 0.0972 e. The van der Waals surface area contributed by atoms with Crippen LogP contribution in [0.2, 0.25) is 0 Å². The van der Waals surface area contributed by atoms with Gasteiger partial charge in [-0.2, -0.15) is 0 Å². The standard InChI is InChI=1S/C22H26N4OS/c1-3-20(25-11-13-27-14-12-25)26-16-24-21(17-7-9-23-10-8-17)22(26)18-5-4-6-19(15-18)28-2/h4-10,15-16,20H,3,11-14H2,1-2H3. The van der Waals surface area contributed by atoms with Crippen LogP contribution in [0.5, 0.6) is 0 Å². The molecule has 1 saturated heterocycles. The number of thioether (sulfide) groups is 1. The van der Waals surface area contributed by atoms with Gasteiger partial charge in [-0.05, 0) is 36.9 Å². The Balaban J connectivity index is 1.85. The molecule has 4 rings (SSSR count). The van der Waals surface area contributed by atoms with Gasteiger partial charge in [-0.15, -0.1) is 11.8 Å². The first-order valence-corrected chi connectivity index (χ1v) is 11.0. The molecular weight excluding hydrogens is 368 g/mol. The number of rotatable bonds is 6. The highest BCUT2D eigenvalue weighted by Crippen LogP contribution is 2.36. The molecule has 28 heavy (non-hydrogen) atoms. The first-order valence-electron chi connectivity index (χ1n) is 9.75. The van der Waals surface area contributed by atoms with Crippen LogP contribution in [0.15, 0.2) is 60.0 Å². The lowest BCUT2D eigenvalue weighted by atomic mass is 10.1. The fourth-order valence-corrected chi connectivity index (χ4v) is 4.33. The summed E-state index contributed by atoms with van der Waals surface area (Å²) in [4.78, 5) is 12.8. The van der Waals surface area contributed by atoms with Crippen LogP contribution in [-0.4, -0.2) is 52.0 Å². The van der Waals surface area contributed by atoms with Gasteiger partial charge in [0.05, 0.1) is 37.1 Å². The summed E-state index contributed by atoms with van der Waals surface area (Å²) in [5.41, 5.74) is 4.46. The Labute approximate surface area is 170 Å². The van der Waals surface area contributed by atoms with Gasteiger partial charge < -0.3 is 9.30 Å². The van der Waals surface area contributed by atoms with Gasteiger partial charge in [-0.3, -0.25) is 9.88 Å². The van der Waals surface area contributed by atoms with E-state index < -0.39 is 0 Å². The van der Waals surface area contributed by atoms with E-state index in [1.807, 2.05) is 30.9 Å². The molecule has 3 heterocycles. The summed E-state index contributed by atoms with van der Waals surface area (Å²) in [6, 6.07) is 12.8. The SMILES string of the molecule is CCC(N1CCOCC1)n1cnc(-c2ccncc2)c1-c1cccc(SC)c1. The van der Waals surface area contributed by atoms with Gasteiger partial charge in [0, 0.05) is 41.5 Å². The topological polar surface area (TPSA) is 43.2 Å². The molecule has 0 N–H and O–H groups in total. The molecule has 146 valence electrons. The summed E-state index contributed by atoms with van der Waals surface area (Å²) in [6.45, 7) is 5.73. The number of benzene rings is 1. The van der Waals surface area contributed by atoms with Crippen LogP contribution in [0.3, 0.4) is 0 Å². The average molecular weight is 395 g/mol. The van der Waals surface area contributed by atoms with Crippen molar-refractivity contribution in [3.05, 3.63) is 55.1 Å². The van der Waals surface area contributed by atoms with Crippen molar-refractivity contribution in [2.45, 2.75) is 24.4 Å². The first kappa shape index (κ1) is 19.2. The number of aromatic nitrogens is 3. The normalized spacial score (nSPS) is 16.2. The number of pyridine rings is 1. The molecule has 1 aliphatic heterocycles. The molecule has 3 aromatic rings. The van der Waals surface area contributed by atoms with E-state index in [4.69, 9.17) is 9.72 Å². The molecule has 1 atom stereocenters. The minimum absolute atomic E-state index is 0.264. The van der Waals surface area contributed by atoms with Crippen LogP contribution in [0.1, 0.15) is 19.5 Å². The zero-order valence-electron chi connectivity index (χ0n) is 16.4. The summed E-state index contributed by atoms with van der Waals surface area (Å²) in [5, 5.41) is 0. The second-order valence-corrected chi connectivity index (χ2v) is 7.73. The Kier molecular flexibility index (Phi) is 6.10. The third-order valence-corrected chi connectivity index (χ3v) is 5.97. The number of hydrogen-bond acceptors (Lipinski definition) is 5. The molecular formula is C22H26N4OS. The molecule has 1 unspecified atom stereocenters. The Bertz CT molecular complexity index is 906. The smallest absolute Gasteiger partial charge is 0.0972 e. The zero-order valence-corrected chi connectivity index (χ0v) is 17.2. The largest absolute Gasteiger partial charge is 0.379 e. The second-order valence-electron chi connectivity index (χ2n) is 6.85. The number of ether oxygens (including phenoxy) is 1. The lowest BCUT2D eigenvalue weighted by molar-refractivity contribution is -0.00228. The van der Waals surface area contributed by atoms with Crippen LogP contribution in [0.25, 0.3) is 22.5 Å². The van der Waals surface area contributed by atoms with E-state index in [1.54, 1.807) is 11.8 Å². The Hall–Kier alpha value is -2.15. The lowest BCUT2D eigenvalue weighted by Crippen LogP contribution is -2.41. The van der Waals surface area contributed by atoms with Crippen molar-refractivity contribution < 1.29 is 4.74 Å². The monoisotopic (exact) mass is 394 g/mol. The molecule has 0 aliphatic carbocycles. The van der Waals surface area contributed by atoms with Crippen molar-refractivity contribution in [3.63, 3.8) is 0 Å². The first-order chi connectivity index (χ1) is 13.8. The van der Waals surface area contributed by atoms with Crippen LogP contribution >= 0.6 is 11.8 Å². The van der Waals surface area contributed by atoms with Gasteiger partial charge in [0.15, 0.2) is 0 Å². The van der Waals surface area contributed by atoms with Crippen molar-refractivity contribution in [1.29, 1.82) is 0 Å². The summed E-state index contributed by atoms with van der Waals surface area (Å²) < 4.78 is 7.92. The molecule has 1 aromatic carbocycles. The Morgan fingerprint density at radius 3 is 2.61 bits per heavy atom. The van der Waals surface area contributed by atoms with Crippen molar-refractivity contribution in [2.24, 2.45) is 0 Å². The van der Waals surface area contributed by atoms with E-state index in [1.165, 1.54) is 16.2 Å². The molecule has 1 fully saturated rings. The number of nitrogens with zero attached hydrogens (tertiary/aromatic N) is 4. The molecule has 6 heteroatoms. The predicted molar refractivity (Wildman–Crippen MR) is 114 cm³/mol. The van der Waals surface area contributed by atoms with Crippen molar-refractivity contribution >= 4 is 11.8 Å². The van der Waals surface area contributed by atoms with E-state index in [9.17, 15) is 0 Å². The molecule has 0 radical (unpaired) electrons. The molecule has 0 amide bonds. The van der Waals surface area contributed by atoms with Gasteiger partial charge in [-0.1, -0.05) is 19.1 Å². The van der Waals surface area contributed by atoms with Crippen LogP contribution < -0.4 is 0 Å². The van der Waals surface area contributed by atoms with Gasteiger partial charge in [0.2, 0.25) is 0 Å². The molecule has 1 aliphatic rings. The van der Waals surface area contributed by atoms with E-state index in [0.29, 0.717) is 0 Å². The highest BCUT2D eigenvalue weighted by atomic mass is 32.2. The molecule has 0 bridgehead atoms. The van der Waals surface area contributed by atoms with Crippen molar-refractivity contribution in [3.8, 4) is 22.5 Å². The quantitative estimate of drug-likeness (QED) is 0.573. The Morgan fingerprint density at radius 1 is 1.11 bits per heavy atom. The fraction of sp³-hybridized carbons (Fsp3) is 0.364. The van der Waals surface area contributed by atoms with E-state index in [0.717, 1.165) is 44.0 Å². The number of morpholine rings is 1. The molecule has 0 saturated carbocycles. The molecule has 0 spiro atoms. The third kappa shape index (κ3) is 3.85. The van der Waals surface area contributed by atoms with Crippen LogP contribution in [0, 0.1) is 0 Å². The van der Waals surface area contributed by atoms with Gasteiger partial charge >= 0.3 is 0 Å². The van der Waals surface area contributed by atoms with Gasteiger partial charge in [-0.25, -0.2) is 4.98 Å². The van der Waals surface area contributed by atoms with Crippen LogP contribution in [-0.2, 0) is 4.74 Å². The van der Waals surface area contributed by atoms with E-state index in [-0.39, 0.29) is 6.17 Å². The lowest BCUT2D eigenvalue weighted by Gasteiger charge is -2.35. The highest BCUT2D eigenvalue weighted by molar-refractivity contribution is 7.98. The highest BCUT2D eigenvalue weighted by Gasteiger charge is 2.25. The predicted octanol–water partition coefficient (Wildman–Crippen LogP) is 4.57. The van der Waals surface area contributed by atoms with E-state index in [2.05, 4.69) is 51.9 Å². The third-order valence-electron chi connectivity index (χ3n) is 5.24. The second kappa shape index (κ2) is 8.90. The maximum absolute atomic E-state index is 5.57. The molecule has 2 aromatic heterocycles. The van der Waals surface area contributed by atoms with Crippen LogP contribution in [0.4, 0.5) is 0 Å². The number of hydrogen-bond donors (Lipinski definition) is 0. The maximum atomic E-state index is 5.57. The summed E-state index contributed by atoms with van der Waals surface area (Å²) in [7, 11) is 0. The van der Waals surface area contributed by atoms with Crippen molar-refractivity contribution in [2.75, 3.05) is 32.6 Å². The summed E-state index contributed by atoms with van der Waals surface area (Å²) in [5.74, 6) is 0. The summed E-state index contributed by atoms with van der Waals surface area (Å²) >= 11 is 1.76. The zero-order chi connectivity index (χ0) is 19.3. The summed E-state index contributed by atoms with van der Waals surface area (Å²) in [6.07, 6.45) is 9.05. The minimum atomic E-state index is 0.264. The van der Waals surface area contributed by atoms with Gasteiger partial charge in [0.1, 0.15) is 0 Å². The minimum Gasteiger partial charge on any atom is -0.379 e. The van der Waals surface area contributed by atoms with Crippen molar-refractivity contribution in [1.82, 2.24) is 19.4 Å². The van der Waals surface area contributed by atoms with Gasteiger partial charge in [0.25, 0.3) is 0 Å². The average Bonchev–Trinajstić information content (AvgIpc) is 3.20. The molecule has 5 nitrogen and oxygen atoms in total. The Morgan fingerprint density at radius 2 is 1.89 bits per heavy atom. The number of imidazole rings is 1.